The number of oxime groups is 1. The van der Waals surface area contributed by atoms with Crippen LogP contribution >= 0.6 is 23.1 Å². The Balaban J connectivity index is 1.77. The predicted octanol–water partition coefficient (Wildman–Crippen LogP) is 0.383. The molecule has 0 aromatic carbocycles. The lowest BCUT2D eigenvalue weighted by Gasteiger charge is -2.49. The topological polar surface area (TPSA) is 189 Å². The van der Waals surface area contributed by atoms with Gasteiger partial charge in [-0.05, 0) is 20.8 Å². The minimum Gasteiger partial charge on any atom is -0.461 e. The Morgan fingerprint density at radius 1 is 1.24 bits per heavy atom. The Morgan fingerprint density at radius 2 is 1.95 bits per heavy atom. The second kappa shape index (κ2) is 11.8. The number of fused-ring (bicyclic) bond motifs is 1. The lowest BCUT2D eigenvalue weighted by atomic mass is 9.98. The van der Waals surface area contributed by atoms with Gasteiger partial charge in [0.05, 0.1) is 5.41 Å². The highest BCUT2D eigenvalue weighted by atomic mass is 32.2. The Hall–Kier alpha value is -3.66. The number of anilines is 1. The van der Waals surface area contributed by atoms with Crippen LogP contribution in [0.15, 0.2) is 21.8 Å². The van der Waals surface area contributed by atoms with Crippen LogP contribution in [0.1, 0.15) is 33.4 Å². The van der Waals surface area contributed by atoms with E-state index < -0.39 is 53.3 Å². The van der Waals surface area contributed by atoms with E-state index in [2.05, 4.69) is 15.5 Å². The van der Waals surface area contributed by atoms with Crippen LogP contribution in [0.25, 0.3) is 0 Å². The summed E-state index contributed by atoms with van der Waals surface area (Å²) in [5.41, 5.74) is 5.00. The molecule has 0 bridgehead atoms. The summed E-state index contributed by atoms with van der Waals surface area (Å²) < 4.78 is 15.1. The molecule has 3 rings (SSSR count). The van der Waals surface area contributed by atoms with Gasteiger partial charge in [0.2, 0.25) is 6.79 Å². The van der Waals surface area contributed by atoms with Crippen molar-refractivity contribution in [3.63, 3.8) is 0 Å². The quantitative estimate of drug-likeness (QED) is 0.137. The lowest BCUT2D eigenvalue weighted by molar-refractivity contribution is -0.173. The molecule has 14 nitrogen and oxygen atoms in total. The summed E-state index contributed by atoms with van der Waals surface area (Å²) in [5, 5.41) is 7.35. The van der Waals surface area contributed by atoms with Crippen LogP contribution in [0.5, 0.6) is 0 Å². The fourth-order valence-corrected chi connectivity index (χ4v) is 5.17. The Labute approximate surface area is 225 Å². The number of nitrogens with zero attached hydrogens (tertiary/aromatic N) is 3. The number of thioether (sulfide) groups is 1. The first-order valence-corrected chi connectivity index (χ1v) is 13.1. The van der Waals surface area contributed by atoms with Gasteiger partial charge in [-0.2, -0.15) is 0 Å². The molecule has 3 heterocycles. The standard InChI is InChI=1S/C22H27N5O9S2/c1-10(28)34-6-11-7-37-18-14(25-16(29)13(26-33-5)12-8-38-21(23)24-12)17(30)27(18)15(11)19(31)35-9-36-20(32)22(2,3)4/h8,14,18H,6-7,9H2,1-5H3,(H2,23,24)(H,25,29)/b26-13+/t14?,18-/m1/s1. The third-order valence-electron chi connectivity index (χ3n) is 5.13. The maximum Gasteiger partial charge on any atom is 0.358 e. The summed E-state index contributed by atoms with van der Waals surface area (Å²) >= 11 is 2.35. The van der Waals surface area contributed by atoms with E-state index in [0.717, 1.165) is 16.2 Å². The second-order valence-corrected chi connectivity index (χ2v) is 11.0. The number of ether oxygens (including phenoxy) is 3. The Bertz CT molecular complexity index is 1200. The van der Waals surface area contributed by atoms with Crippen LogP contribution in [0, 0.1) is 5.41 Å². The van der Waals surface area contributed by atoms with Crippen molar-refractivity contribution in [2.45, 2.75) is 39.1 Å². The molecule has 2 aliphatic rings. The SMILES string of the molecule is CO/N=C(/C(=O)NC1C(=O)N2C(C(=O)OCOC(=O)C(C)(C)C)=C(COC(C)=O)CS[C@H]12)c1csc(N)n1. The molecule has 2 aliphatic heterocycles. The van der Waals surface area contributed by atoms with Gasteiger partial charge in [0.25, 0.3) is 11.8 Å². The molecule has 0 saturated carbocycles. The van der Waals surface area contributed by atoms with Gasteiger partial charge in [0.15, 0.2) is 10.8 Å². The number of carbonyl (C=O) groups excluding carboxylic acids is 5. The highest BCUT2D eigenvalue weighted by molar-refractivity contribution is 8.00. The molecule has 16 heteroatoms. The maximum absolute atomic E-state index is 13.1. The van der Waals surface area contributed by atoms with E-state index in [4.69, 9.17) is 24.8 Å². The highest BCUT2D eigenvalue weighted by Gasteiger charge is 2.55. The van der Waals surface area contributed by atoms with Crippen molar-refractivity contribution in [1.29, 1.82) is 0 Å². The zero-order valence-corrected chi connectivity index (χ0v) is 22.9. The van der Waals surface area contributed by atoms with Gasteiger partial charge in [0, 0.05) is 23.6 Å². The molecule has 206 valence electrons. The minimum atomic E-state index is -1.01. The Morgan fingerprint density at radius 3 is 2.53 bits per heavy atom. The molecular weight excluding hydrogens is 542 g/mol. The van der Waals surface area contributed by atoms with Gasteiger partial charge < -0.3 is 30.1 Å². The average Bonchev–Trinajstić information content (AvgIpc) is 3.28. The minimum absolute atomic E-state index is 0.143. The summed E-state index contributed by atoms with van der Waals surface area (Å²) in [4.78, 5) is 72.3. The number of β-lactam (4-membered cyclic amide) rings is 1. The average molecular weight is 570 g/mol. The summed E-state index contributed by atoms with van der Waals surface area (Å²) in [7, 11) is 1.25. The molecule has 0 radical (unpaired) electrons. The van der Waals surface area contributed by atoms with Crippen molar-refractivity contribution in [3.05, 3.63) is 22.3 Å². The molecule has 2 amide bonds. The number of nitrogens with two attached hydrogens (primary N) is 1. The van der Waals surface area contributed by atoms with Crippen molar-refractivity contribution >= 4 is 63.7 Å². The largest absolute Gasteiger partial charge is 0.461 e. The van der Waals surface area contributed by atoms with Crippen LogP contribution in [-0.2, 0) is 43.0 Å². The van der Waals surface area contributed by atoms with Crippen LogP contribution in [0.2, 0.25) is 0 Å². The molecule has 2 atom stereocenters. The Kier molecular flexibility index (Phi) is 8.98. The highest BCUT2D eigenvalue weighted by Crippen LogP contribution is 2.40. The molecule has 0 aliphatic carbocycles. The van der Waals surface area contributed by atoms with E-state index in [9.17, 15) is 24.0 Å². The van der Waals surface area contributed by atoms with Crippen LogP contribution in [0.4, 0.5) is 5.13 Å². The molecular formula is C22H27N5O9S2. The molecule has 1 unspecified atom stereocenters. The van der Waals surface area contributed by atoms with E-state index in [-0.39, 0.29) is 34.6 Å². The zero-order chi connectivity index (χ0) is 28.2. The van der Waals surface area contributed by atoms with Gasteiger partial charge in [-0.15, -0.1) is 23.1 Å². The number of hydrogen-bond acceptors (Lipinski definition) is 14. The lowest BCUT2D eigenvalue weighted by Crippen LogP contribution is -2.71. The fourth-order valence-electron chi connectivity index (χ4n) is 3.29. The van der Waals surface area contributed by atoms with Crippen LogP contribution < -0.4 is 11.1 Å². The summed E-state index contributed by atoms with van der Waals surface area (Å²) in [6.07, 6.45) is 0. The van der Waals surface area contributed by atoms with Gasteiger partial charge >= 0.3 is 17.9 Å². The number of hydrogen-bond donors (Lipinski definition) is 2. The number of aromatic nitrogens is 1. The third kappa shape index (κ3) is 6.42. The van der Waals surface area contributed by atoms with Crippen molar-refractivity contribution in [3.8, 4) is 0 Å². The first kappa shape index (κ1) is 28.9. The van der Waals surface area contributed by atoms with Crippen LogP contribution in [-0.4, -0.2) is 83.0 Å². The first-order valence-electron chi connectivity index (χ1n) is 11.1. The molecule has 1 fully saturated rings. The monoisotopic (exact) mass is 569 g/mol. The fraction of sp³-hybridized carbons (Fsp3) is 0.500. The van der Waals surface area contributed by atoms with Gasteiger partial charge in [-0.1, -0.05) is 5.16 Å². The van der Waals surface area contributed by atoms with E-state index in [1.807, 2.05) is 0 Å². The smallest absolute Gasteiger partial charge is 0.358 e. The molecule has 1 aromatic heterocycles. The molecule has 3 N–H and O–H groups in total. The number of thiazole rings is 1. The third-order valence-corrected chi connectivity index (χ3v) is 7.15. The number of amides is 2. The van der Waals surface area contributed by atoms with E-state index in [0.29, 0.717) is 5.57 Å². The number of nitrogen functional groups attached to an aromatic ring is 1. The normalized spacial score (nSPS) is 19.2. The van der Waals surface area contributed by atoms with E-state index in [1.165, 1.54) is 31.2 Å². The molecule has 1 saturated heterocycles. The van der Waals surface area contributed by atoms with Gasteiger partial charge in [0.1, 0.15) is 36.5 Å². The van der Waals surface area contributed by atoms with Gasteiger partial charge in [-0.25, -0.2) is 9.78 Å². The number of carbonyl (C=O) groups is 5. The number of esters is 3. The summed E-state index contributed by atoms with van der Waals surface area (Å²) in [5.74, 6) is -3.26. The number of rotatable bonds is 9. The van der Waals surface area contributed by atoms with Crippen molar-refractivity contribution in [2.24, 2.45) is 10.6 Å². The van der Waals surface area contributed by atoms with Crippen molar-refractivity contribution < 1.29 is 43.0 Å². The molecule has 38 heavy (non-hydrogen) atoms. The van der Waals surface area contributed by atoms with Crippen LogP contribution in [0.3, 0.4) is 0 Å². The van der Waals surface area contributed by atoms with Crippen molar-refractivity contribution in [1.82, 2.24) is 15.2 Å². The van der Waals surface area contributed by atoms with E-state index in [1.54, 1.807) is 20.8 Å². The van der Waals surface area contributed by atoms with Crippen molar-refractivity contribution in [2.75, 3.05) is 32.0 Å². The maximum atomic E-state index is 13.1. The summed E-state index contributed by atoms with van der Waals surface area (Å²) in [6.45, 7) is 5.20. The van der Waals surface area contributed by atoms with E-state index >= 15 is 0 Å². The zero-order valence-electron chi connectivity index (χ0n) is 21.3. The predicted molar refractivity (Wildman–Crippen MR) is 135 cm³/mol. The van der Waals surface area contributed by atoms with Gasteiger partial charge in [-0.3, -0.25) is 24.1 Å². The second-order valence-electron chi connectivity index (χ2n) is 9.02. The summed E-state index contributed by atoms with van der Waals surface area (Å²) in [6, 6.07) is -1.01. The number of nitrogens with one attached hydrogen (secondary N) is 1. The molecule has 1 aromatic rings. The molecule has 0 spiro atoms. The first-order chi connectivity index (χ1) is 17.8.